The summed E-state index contributed by atoms with van der Waals surface area (Å²) in [6.07, 6.45) is 6.82. The molecule has 0 saturated heterocycles. The van der Waals surface area contributed by atoms with Gasteiger partial charge in [0.1, 0.15) is 24.3 Å². The average molecular weight is 515 g/mol. The van der Waals surface area contributed by atoms with E-state index in [1.807, 2.05) is 6.92 Å². The number of hydrogen-bond acceptors (Lipinski definition) is 9. The lowest BCUT2D eigenvalue weighted by Gasteiger charge is -2.60. The maximum atomic E-state index is 13.4. The third-order valence-corrected chi connectivity index (χ3v) is 10.4. The Morgan fingerprint density at radius 2 is 1.95 bits per heavy atom. The van der Waals surface area contributed by atoms with Gasteiger partial charge in [0.2, 0.25) is 5.88 Å². The minimum absolute atomic E-state index is 0.0154. The summed E-state index contributed by atoms with van der Waals surface area (Å²) in [5.41, 5.74) is -1.68. The fourth-order valence-corrected chi connectivity index (χ4v) is 8.55. The maximum Gasteiger partial charge on any atom is 0.255 e. The largest absolute Gasteiger partial charge is 0.493 e. The molecule has 4 fully saturated rings. The Morgan fingerprint density at radius 3 is 2.68 bits per heavy atom. The number of aliphatic hydroxyl groups excluding tert-OH is 2. The first-order chi connectivity index (χ1) is 17.4. The van der Waals surface area contributed by atoms with E-state index in [9.17, 15) is 30.0 Å². The highest BCUT2D eigenvalue weighted by Gasteiger charge is 2.68. The molecule has 0 unspecified atom stereocenters. The first kappa shape index (κ1) is 26.2. The van der Waals surface area contributed by atoms with Gasteiger partial charge in [-0.2, -0.15) is 14.6 Å². The van der Waals surface area contributed by atoms with E-state index in [-0.39, 0.29) is 47.4 Å². The molecule has 0 radical (unpaired) electrons. The van der Waals surface area contributed by atoms with E-state index >= 15 is 0 Å². The molecule has 0 amide bonds. The summed E-state index contributed by atoms with van der Waals surface area (Å²) >= 11 is 0. The summed E-state index contributed by atoms with van der Waals surface area (Å²) in [4.78, 5) is 33.6. The zero-order valence-corrected chi connectivity index (χ0v) is 21.8. The van der Waals surface area contributed by atoms with Crippen LogP contribution in [0.1, 0.15) is 70.9 Å². The molecule has 0 aromatic carbocycles. The summed E-state index contributed by atoms with van der Waals surface area (Å²) in [6.45, 7) is 5.25. The molecule has 2 aromatic heterocycles. The number of carbonyl (C=O) groups is 2. The third-order valence-electron chi connectivity index (χ3n) is 10.4. The van der Waals surface area contributed by atoms with Gasteiger partial charge in [0.15, 0.2) is 5.78 Å². The molecule has 4 aliphatic carbocycles. The molecular formula is C27H38N4O6. The number of ketones is 2. The van der Waals surface area contributed by atoms with Crippen molar-refractivity contribution < 1.29 is 30.0 Å². The highest BCUT2D eigenvalue weighted by molar-refractivity contribution is 5.92. The Balaban J connectivity index is 0.000000212. The number of Topliss-reactive ketones (excluding diaryl/α,β-unsaturated/α-hetero) is 2. The number of rotatable bonds is 2. The summed E-state index contributed by atoms with van der Waals surface area (Å²) in [5.74, 6) is 0.859. The van der Waals surface area contributed by atoms with Crippen LogP contribution in [-0.2, 0) is 9.59 Å². The van der Waals surface area contributed by atoms with Gasteiger partial charge in [0.25, 0.3) is 5.78 Å². The second-order valence-electron chi connectivity index (χ2n) is 12.2. The zero-order chi connectivity index (χ0) is 26.8. The first-order valence-electron chi connectivity index (χ1n) is 13.4. The minimum Gasteiger partial charge on any atom is -0.493 e. The Kier molecular flexibility index (Phi) is 6.44. The maximum absolute atomic E-state index is 13.4. The van der Waals surface area contributed by atoms with Crippen LogP contribution >= 0.6 is 0 Å². The summed E-state index contributed by atoms with van der Waals surface area (Å²) in [5, 5.41) is 43.6. The van der Waals surface area contributed by atoms with Crippen LogP contribution in [0.2, 0.25) is 0 Å². The number of nitrogens with zero attached hydrogens (tertiary/aromatic N) is 4. The second kappa shape index (κ2) is 9.10. The van der Waals surface area contributed by atoms with Gasteiger partial charge < -0.3 is 20.4 Å². The predicted molar refractivity (Wildman–Crippen MR) is 132 cm³/mol. The van der Waals surface area contributed by atoms with E-state index in [0.29, 0.717) is 18.1 Å². The number of aliphatic hydroxyl groups is 3. The van der Waals surface area contributed by atoms with Crippen molar-refractivity contribution in [2.45, 2.75) is 83.8 Å². The monoisotopic (exact) mass is 514 g/mol. The molecule has 37 heavy (non-hydrogen) atoms. The molecule has 10 nitrogen and oxygen atoms in total. The molecule has 4 N–H and O–H groups in total. The standard InChI is InChI=1S/C21H32O5.C6H6N4O/c1-19-7-5-13(23)9-12(19)3-4-14-15-6-8-21(26,17(25)11-22)20(15,2)10-16(24)18(14)19;1-4-2-5(11)10-6(9-4)7-3-8-10/h12-15,18,22-23,26H,3-11H2,1-2H3;2-3,11H,1H3/t12-,13-,14+,15+,18-,19+,20+,21+;/m1./s1. The molecule has 6 rings (SSSR count). The Bertz CT molecular complexity index is 1220. The molecule has 0 spiro atoms. The molecule has 10 heteroatoms. The van der Waals surface area contributed by atoms with Crippen LogP contribution in [0.5, 0.6) is 5.88 Å². The van der Waals surface area contributed by atoms with Gasteiger partial charge >= 0.3 is 0 Å². The van der Waals surface area contributed by atoms with Gasteiger partial charge in [0, 0.05) is 29.5 Å². The number of fused-ring (bicyclic) bond motifs is 6. The van der Waals surface area contributed by atoms with Crippen molar-refractivity contribution in [1.82, 2.24) is 19.6 Å². The van der Waals surface area contributed by atoms with E-state index in [4.69, 9.17) is 0 Å². The van der Waals surface area contributed by atoms with Crippen molar-refractivity contribution in [3.05, 3.63) is 18.1 Å². The van der Waals surface area contributed by atoms with E-state index in [0.717, 1.165) is 44.2 Å². The van der Waals surface area contributed by atoms with Crippen molar-refractivity contribution >= 4 is 17.3 Å². The molecule has 0 aliphatic heterocycles. The summed E-state index contributed by atoms with van der Waals surface area (Å²) < 4.78 is 1.27. The molecule has 2 aromatic rings. The van der Waals surface area contributed by atoms with Crippen LogP contribution in [-0.4, -0.2) is 69.9 Å². The van der Waals surface area contributed by atoms with Crippen molar-refractivity contribution in [1.29, 1.82) is 0 Å². The highest BCUT2D eigenvalue weighted by Crippen LogP contribution is 2.67. The van der Waals surface area contributed by atoms with E-state index in [1.165, 1.54) is 16.9 Å². The van der Waals surface area contributed by atoms with Gasteiger partial charge in [-0.3, -0.25) is 9.59 Å². The topological polar surface area (TPSA) is 158 Å². The Hall–Kier alpha value is -2.43. The van der Waals surface area contributed by atoms with Crippen molar-refractivity contribution in [2.24, 2.45) is 34.5 Å². The number of aromatic nitrogens is 4. The molecular weight excluding hydrogens is 476 g/mol. The number of aromatic hydroxyl groups is 1. The Labute approximate surface area is 216 Å². The van der Waals surface area contributed by atoms with Crippen LogP contribution in [0.15, 0.2) is 12.4 Å². The normalized spacial score (nSPS) is 40.8. The quantitative estimate of drug-likeness (QED) is 0.470. The molecule has 8 atom stereocenters. The van der Waals surface area contributed by atoms with Crippen molar-refractivity contribution in [2.75, 3.05) is 6.61 Å². The predicted octanol–water partition coefficient (Wildman–Crippen LogP) is 2.00. The van der Waals surface area contributed by atoms with Gasteiger partial charge in [-0.25, -0.2) is 4.98 Å². The van der Waals surface area contributed by atoms with Crippen LogP contribution in [0.3, 0.4) is 0 Å². The van der Waals surface area contributed by atoms with E-state index < -0.39 is 23.4 Å². The lowest BCUT2D eigenvalue weighted by Crippen LogP contribution is -2.62. The number of carbonyl (C=O) groups excluding carboxylic acids is 2. The lowest BCUT2D eigenvalue weighted by atomic mass is 9.44. The number of aryl methyl sites for hydroxylation is 1. The van der Waals surface area contributed by atoms with Crippen LogP contribution in [0, 0.1) is 41.4 Å². The number of hydrogen-bond donors (Lipinski definition) is 4. The van der Waals surface area contributed by atoms with Gasteiger partial charge in [-0.05, 0) is 75.0 Å². The molecule has 4 saturated carbocycles. The van der Waals surface area contributed by atoms with Crippen molar-refractivity contribution in [3.63, 3.8) is 0 Å². The fourth-order valence-electron chi connectivity index (χ4n) is 8.55. The van der Waals surface area contributed by atoms with E-state index in [1.54, 1.807) is 6.92 Å². The van der Waals surface area contributed by atoms with Crippen LogP contribution in [0.4, 0.5) is 0 Å². The third kappa shape index (κ3) is 3.90. The highest BCUT2D eigenvalue weighted by atomic mass is 16.3. The second-order valence-corrected chi connectivity index (χ2v) is 12.2. The summed E-state index contributed by atoms with van der Waals surface area (Å²) in [6, 6.07) is 1.53. The molecule has 0 bridgehead atoms. The van der Waals surface area contributed by atoms with Crippen LogP contribution < -0.4 is 0 Å². The minimum atomic E-state index is -1.58. The smallest absolute Gasteiger partial charge is 0.255 e. The Morgan fingerprint density at radius 1 is 1.19 bits per heavy atom. The molecule has 2 heterocycles. The van der Waals surface area contributed by atoms with Gasteiger partial charge in [0.05, 0.1) is 6.10 Å². The average Bonchev–Trinajstić information content (AvgIpc) is 3.42. The van der Waals surface area contributed by atoms with Crippen molar-refractivity contribution in [3.8, 4) is 5.88 Å². The van der Waals surface area contributed by atoms with Crippen LogP contribution in [0.25, 0.3) is 5.78 Å². The fraction of sp³-hybridized carbons (Fsp3) is 0.741. The van der Waals surface area contributed by atoms with Gasteiger partial charge in [-0.1, -0.05) is 13.8 Å². The van der Waals surface area contributed by atoms with E-state index in [2.05, 4.69) is 22.0 Å². The first-order valence-corrected chi connectivity index (χ1v) is 13.4. The zero-order valence-electron chi connectivity index (χ0n) is 21.8. The molecule has 4 aliphatic rings. The summed E-state index contributed by atoms with van der Waals surface area (Å²) in [7, 11) is 0. The van der Waals surface area contributed by atoms with Gasteiger partial charge in [-0.15, -0.1) is 0 Å². The molecule has 202 valence electrons. The lowest BCUT2D eigenvalue weighted by molar-refractivity contribution is -0.180. The SMILES string of the molecule is C[C@]12CC[C@@H](O)C[C@H]1CC[C@@H]1[C@@H]2C(=O)C[C@@]2(C)[C@H]1CC[C@]2(O)C(=O)CO.Cc1cc(O)n2ncnc2n1.